The number of rotatable bonds is 19. The lowest BCUT2D eigenvalue weighted by Gasteiger charge is -2.35. The topological polar surface area (TPSA) is 251 Å². The summed E-state index contributed by atoms with van der Waals surface area (Å²) in [5, 5.41) is 22.1. The van der Waals surface area contributed by atoms with Gasteiger partial charge in [0.2, 0.25) is 29.5 Å². The Hall–Kier alpha value is -6.28. The zero-order valence-corrected chi connectivity index (χ0v) is 41.8. The number of aromatic nitrogens is 1. The molecule has 7 atom stereocenters. The average molecular weight is 996 g/mol. The number of hydrogen-bond donors (Lipinski definition) is 7. The molecule has 7 rings (SSSR count). The number of urea groups is 1. The SMILES string of the molecule is Cc1ncsc1-c1ccc(CNC(=O)[C@@H]2C[C@@H](O)CN2C(=O)[C@@H](NC(=O)NCCCc2ccc(CO[C@H](C)[C@H](CCC(N)=O)NC(=O)[C@@H]3Cc4cccc5c4N3C(=O)[C@@H](N)CC5)cc2F)C(C)(C)C)cc1. The number of aliphatic hydroxyl groups is 1. The highest BCUT2D eigenvalue weighted by Gasteiger charge is 2.45. The van der Waals surface area contributed by atoms with Gasteiger partial charge in [0, 0.05) is 38.9 Å². The molecular formula is C52H66FN9O8S. The minimum Gasteiger partial charge on any atom is -0.391 e. The molecule has 380 valence electrons. The lowest BCUT2D eigenvalue weighted by atomic mass is 9.85. The van der Waals surface area contributed by atoms with Gasteiger partial charge in [0.25, 0.3) is 0 Å². The van der Waals surface area contributed by atoms with E-state index >= 15 is 4.39 Å². The molecule has 0 unspecified atom stereocenters. The molecule has 17 nitrogen and oxygen atoms in total. The number of primary amides is 1. The molecule has 3 aliphatic rings. The molecule has 0 spiro atoms. The van der Waals surface area contributed by atoms with E-state index in [2.05, 4.69) is 26.3 Å². The number of thiazole rings is 1. The number of amides is 7. The van der Waals surface area contributed by atoms with Crippen molar-refractivity contribution in [3.63, 3.8) is 0 Å². The molecular weight excluding hydrogens is 930 g/mol. The van der Waals surface area contributed by atoms with Gasteiger partial charge in [0.1, 0.15) is 23.9 Å². The summed E-state index contributed by atoms with van der Waals surface area (Å²) in [4.78, 5) is 88.2. The quantitative estimate of drug-likeness (QED) is 0.0664. The van der Waals surface area contributed by atoms with Crippen LogP contribution in [0.3, 0.4) is 0 Å². The van der Waals surface area contributed by atoms with Crippen molar-refractivity contribution in [2.24, 2.45) is 16.9 Å². The van der Waals surface area contributed by atoms with Crippen LogP contribution in [-0.4, -0.2) is 106 Å². The van der Waals surface area contributed by atoms with E-state index in [-0.39, 0.29) is 51.4 Å². The maximum atomic E-state index is 15.4. The molecule has 9 N–H and O–H groups in total. The second-order valence-electron chi connectivity index (χ2n) is 19.9. The molecule has 3 aliphatic heterocycles. The number of nitrogens with one attached hydrogen (secondary N) is 4. The number of aryl methyl sites for hydroxylation is 3. The molecule has 1 saturated heterocycles. The Morgan fingerprint density at radius 3 is 2.41 bits per heavy atom. The first kappa shape index (κ1) is 52.5. The number of anilines is 1. The number of ether oxygens (including phenoxy) is 1. The predicted molar refractivity (Wildman–Crippen MR) is 267 cm³/mol. The third-order valence-corrected chi connectivity index (χ3v) is 14.5. The number of hydrogen-bond acceptors (Lipinski definition) is 11. The fourth-order valence-corrected chi connectivity index (χ4v) is 10.3. The standard InChI is InChI=1S/C52H66FN9O8S/c1-29-45(71-28-58-29)35-15-11-31(12-16-35)25-57-47(65)41-24-37(63)26-61(41)50(68)46(52(3,4)5)60-51(69)56-21-7-10-33-14-13-32(22-38(33)53)27-70-30(2)40(19-20-43(55)64)59-48(66)42-23-36-9-6-8-34-17-18-39(54)49(67)62(42)44(34)36/h6,8-9,11-16,22,28,30,37,39-42,46,63H,7,10,17-21,23-27,54H2,1-5H3,(H2,55,64)(H,57,65)(H,59,66)(H2,56,60,69)/t30-,37-,39+,40+,41+,42+,46-/m1/s1. The summed E-state index contributed by atoms with van der Waals surface area (Å²) >= 11 is 1.56. The Bertz CT molecular complexity index is 2600. The normalized spacial score (nSPS) is 19.9. The van der Waals surface area contributed by atoms with Gasteiger partial charge in [-0.2, -0.15) is 0 Å². The zero-order valence-electron chi connectivity index (χ0n) is 41.0. The van der Waals surface area contributed by atoms with E-state index in [9.17, 15) is 33.9 Å². The van der Waals surface area contributed by atoms with Crippen molar-refractivity contribution >= 4 is 52.6 Å². The van der Waals surface area contributed by atoms with E-state index in [1.165, 1.54) is 15.9 Å². The van der Waals surface area contributed by atoms with Gasteiger partial charge in [-0.1, -0.05) is 75.4 Å². The Morgan fingerprint density at radius 1 is 0.986 bits per heavy atom. The summed E-state index contributed by atoms with van der Waals surface area (Å²) in [5.41, 5.74) is 19.1. The highest BCUT2D eigenvalue weighted by atomic mass is 32.1. The second-order valence-corrected chi connectivity index (χ2v) is 20.8. The Kier molecular flexibility index (Phi) is 16.9. The highest BCUT2D eigenvalue weighted by molar-refractivity contribution is 7.13. The Morgan fingerprint density at radius 2 is 1.72 bits per heavy atom. The van der Waals surface area contributed by atoms with Gasteiger partial charge in [0.15, 0.2) is 0 Å². The van der Waals surface area contributed by atoms with Gasteiger partial charge in [-0.15, -0.1) is 11.3 Å². The predicted octanol–water partition coefficient (Wildman–Crippen LogP) is 4.07. The van der Waals surface area contributed by atoms with Crippen molar-refractivity contribution in [2.75, 3.05) is 18.0 Å². The number of nitrogens with zero attached hydrogens (tertiary/aromatic N) is 3. The lowest BCUT2D eigenvalue weighted by Crippen LogP contribution is -2.59. The highest BCUT2D eigenvalue weighted by Crippen LogP contribution is 2.39. The van der Waals surface area contributed by atoms with Crippen LogP contribution in [0.5, 0.6) is 0 Å². The van der Waals surface area contributed by atoms with Crippen LogP contribution in [0, 0.1) is 18.2 Å². The minimum atomic E-state index is -1.03. The number of β-amino-alcohol motifs (C(OH)–C–C–N with tert-alkyl or cyclic N) is 1. The molecule has 3 aromatic carbocycles. The van der Waals surface area contributed by atoms with Crippen LogP contribution in [0.15, 0.2) is 66.2 Å². The third kappa shape index (κ3) is 12.8. The molecule has 0 radical (unpaired) electrons. The van der Waals surface area contributed by atoms with Gasteiger partial charge >= 0.3 is 6.03 Å². The molecule has 71 heavy (non-hydrogen) atoms. The van der Waals surface area contributed by atoms with E-state index in [0.29, 0.717) is 43.2 Å². The van der Waals surface area contributed by atoms with Gasteiger partial charge in [-0.05, 0) is 90.8 Å². The molecule has 4 heterocycles. The number of benzene rings is 3. The number of halogens is 1. The first-order chi connectivity index (χ1) is 33.8. The minimum absolute atomic E-state index is 0.000636. The van der Waals surface area contributed by atoms with Crippen molar-refractivity contribution in [1.29, 1.82) is 0 Å². The monoisotopic (exact) mass is 995 g/mol. The van der Waals surface area contributed by atoms with Crippen molar-refractivity contribution in [1.82, 2.24) is 31.2 Å². The van der Waals surface area contributed by atoms with E-state index in [1.807, 2.05) is 49.4 Å². The smallest absolute Gasteiger partial charge is 0.315 e. The van der Waals surface area contributed by atoms with Crippen LogP contribution in [0.1, 0.15) is 93.3 Å². The summed E-state index contributed by atoms with van der Waals surface area (Å²) < 4.78 is 21.6. The largest absolute Gasteiger partial charge is 0.391 e. The molecule has 4 aromatic rings. The molecule has 1 fully saturated rings. The summed E-state index contributed by atoms with van der Waals surface area (Å²) in [7, 11) is 0. The van der Waals surface area contributed by atoms with Gasteiger partial charge in [-0.25, -0.2) is 14.2 Å². The van der Waals surface area contributed by atoms with Gasteiger partial charge < -0.3 is 47.5 Å². The van der Waals surface area contributed by atoms with Crippen LogP contribution in [-0.2, 0) is 61.1 Å². The number of carbonyl (C=O) groups is 6. The van der Waals surface area contributed by atoms with Gasteiger partial charge in [-0.3, -0.25) is 28.9 Å². The third-order valence-electron chi connectivity index (χ3n) is 13.6. The fourth-order valence-electron chi connectivity index (χ4n) is 9.53. The molecule has 0 aliphatic carbocycles. The van der Waals surface area contributed by atoms with Crippen molar-refractivity contribution in [2.45, 2.75) is 142 Å². The van der Waals surface area contributed by atoms with E-state index in [1.54, 1.807) is 56.7 Å². The van der Waals surface area contributed by atoms with E-state index < -0.39 is 83.3 Å². The van der Waals surface area contributed by atoms with Crippen LogP contribution < -0.4 is 37.6 Å². The lowest BCUT2D eigenvalue weighted by molar-refractivity contribution is -0.142. The summed E-state index contributed by atoms with van der Waals surface area (Å²) in [6.07, 6.45) is 0.765. The number of nitrogens with two attached hydrogens (primary N) is 2. The van der Waals surface area contributed by atoms with E-state index in [4.69, 9.17) is 16.2 Å². The Labute approximate surface area is 417 Å². The first-order valence-electron chi connectivity index (χ1n) is 24.3. The maximum absolute atomic E-state index is 15.4. The maximum Gasteiger partial charge on any atom is 0.315 e. The van der Waals surface area contributed by atoms with Crippen LogP contribution in [0.4, 0.5) is 14.9 Å². The number of likely N-dealkylation sites (tertiary alicyclic amines) is 1. The Balaban J connectivity index is 0.875. The average Bonchev–Trinajstić information content (AvgIpc) is 4.05. The fraction of sp³-hybridized carbons (Fsp3) is 0.481. The van der Waals surface area contributed by atoms with Crippen molar-refractivity contribution in [3.8, 4) is 10.4 Å². The van der Waals surface area contributed by atoms with Crippen molar-refractivity contribution in [3.05, 3.63) is 106 Å². The van der Waals surface area contributed by atoms with Crippen LogP contribution in [0.25, 0.3) is 10.4 Å². The molecule has 7 amide bonds. The first-order valence-corrected chi connectivity index (χ1v) is 25.1. The number of aliphatic hydroxyl groups excluding tert-OH is 1. The van der Waals surface area contributed by atoms with Gasteiger partial charge in [0.05, 0.1) is 52.7 Å². The molecule has 0 bridgehead atoms. The molecule has 19 heteroatoms. The van der Waals surface area contributed by atoms with E-state index in [0.717, 1.165) is 38.5 Å². The molecule has 1 aromatic heterocycles. The second kappa shape index (κ2) is 22.9. The number of carbonyl (C=O) groups excluding carboxylic acids is 6. The zero-order chi connectivity index (χ0) is 51.1. The van der Waals surface area contributed by atoms with Crippen molar-refractivity contribution < 1.29 is 43.0 Å². The van der Waals surface area contributed by atoms with Crippen LogP contribution in [0.2, 0.25) is 0 Å². The molecule has 0 saturated carbocycles. The number of para-hydroxylation sites is 1. The summed E-state index contributed by atoms with van der Waals surface area (Å²) in [6, 6.07) is 13.5. The summed E-state index contributed by atoms with van der Waals surface area (Å²) in [6.45, 7) is 9.43. The summed E-state index contributed by atoms with van der Waals surface area (Å²) in [5.74, 6) is -2.63. The van der Waals surface area contributed by atoms with Crippen LogP contribution >= 0.6 is 11.3 Å².